The van der Waals surface area contributed by atoms with E-state index in [0.29, 0.717) is 12.1 Å². The number of nitrogens with one attached hydrogen (secondary N) is 1. The van der Waals surface area contributed by atoms with Gasteiger partial charge in [-0.2, -0.15) is 0 Å². The van der Waals surface area contributed by atoms with Gasteiger partial charge in [0.1, 0.15) is 5.52 Å². The topological polar surface area (TPSA) is 75.9 Å². The van der Waals surface area contributed by atoms with E-state index in [9.17, 15) is 4.79 Å². The summed E-state index contributed by atoms with van der Waals surface area (Å²) >= 11 is 0. The van der Waals surface area contributed by atoms with Crippen LogP contribution in [-0.2, 0) is 6.54 Å². The number of pyridine rings is 2. The zero-order chi connectivity index (χ0) is 19.0. The molecule has 28 heavy (non-hydrogen) atoms. The Morgan fingerprint density at radius 1 is 1.25 bits per heavy atom. The van der Waals surface area contributed by atoms with E-state index in [-0.39, 0.29) is 11.3 Å². The van der Waals surface area contributed by atoms with Crippen molar-refractivity contribution in [1.29, 1.82) is 0 Å². The molecule has 0 bridgehead atoms. The number of amides is 1. The predicted octanol–water partition coefficient (Wildman–Crippen LogP) is 2.09. The van der Waals surface area contributed by atoms with E-state index in [2.05, 4.69) is 20.3 Å². The summed E-state index contributed by atoms with van der Waals surface area (Å²) in [5.41, 5.74) is 3.52. The second kappa shape index (κ2) is 6.98. The Morgan fingerprint density at radius 2 is 2.21 bits per heavy atom. The van der Waals surface area contributed by atoms with Crippen LogP contribution in [0.5, 0.6) is 0 Å². The fraction of sp³-hybridized carbons (Fsp3) is 0.429. The minimum absolute atomic E-state index is 0.0715. The summed E-state index contributed by atoms with van der Waals surface area (Å²) in [5.74, 6) is 0.0715. The van der Waals surface area contributed by atoms with Gasteiger partial charge in [-0.05, 0) is 43.5 Å². The highest BCUT2D eigenvalue weighted by Gasteiger charge is 2.39. The summed E-state index contributed by atoms with van der Waals surface area (Å²) in [6.07, 6.45) is 10.5. The van der Waals surface area contributed by atoms with Crippen LogP contribution >= 0.6 is 0 Å². The number of carbonyl (C=O) groups is 1. The van der Waals surface area contributed by atoms with Crippen molar-refractivity contribution in [2.75, 3.05) is 26.2 Å². The Labute approximate surface area is 163 Å². The van der Waals surface area contributed by atoms with Gasteiger partial charge in [-0.1, -0.05) is 6.07 Å². The minimum atomic E-state index is 0.0715. The Morgan fingerprint density at radius 3 is 3.04 bits per heavy atom. The lowest BCUT2D eigenvalue weighted by atomic mass is 9.79. The van der Waals surface area contributed by atoms with Crippen LogP contribution in [0.2, 0.25) is 0 Å². The van der Waals surface area contributed by atoms with Gasteiger partial charge in [-0.15, -0.1) is 0 Å². The zero-order valence-electron chi connectivity index (χ0n) is 15.8. The number of rotatable bonds is 3. The third-order valence-electron chi connectivity index (χ3n) is 6.06. The fourth-order valence-corrected chi connectivity index (χ4v) is 4.58. The van der Waals surface area contributed by atoms with E-state index in [1.807, 2.05) is 33.9 Å². The number of aromatic nitrogens is 4. The summed E-state index contributed by atoms with van der Waals surface area (Å²) in [7, 11) is 0. The average Bonchev–Trinajstić information content (AvgIpc) is 3.35. The van der Waals surface area contributed by atoms with Crippen molar-refractivity contribution < 1.29 is 4.79 Å². The molecule has 2 saturated heterocycles. The maximum Gasteiger partial charge on any atom is 0.255 e. The van der Waals surface area contributed by atoms with Gasteiger partial charge in [-0.3, -0.25) is 9.78 Å². The molecule has 0 aromatic carbocycles. The van der Waals surface area contributed by atoms with Crippen LogP contribution in [0.1, 0.15) is 35.2 Å². The van der Waals surface area contributed by atoms with Gasteiger partial charge in [0.25, 0.3) is 5.91 Å². The highest BCUT2D eigenvalue weighted by Crippen LogP contribution is 2.36. The van der Waals surface area contributed by atoms with E-state index in [1.54, 1.807) is 18.7 Å². The number of likely N-dealkylation sites (tertiary alicyclic amines) is 1. The summed E-state index contributed by atoms with van der Waals surface area (Å²) in [5, 5.41) is 3.46. The van der Waals surface area contributed by atoms with E-state index >= 15 is 0 Å². The molecule has 2 aliphatic rings. The Bertz CT molecular complexity index is 993. The lowest BCUT2D eigenvalue weighted by molar-refractivity contribution is 0.0553. The van der Waals surface area contributed by atoms with Crippen LogP contribution in [0, 0.1) is 5.41 Å². The molecule has 7 nitrogen and oxygen atoms in total. The molecule has 2 aliphatic heterocycles. The molecule has 1 atom stereocenters. The van der Waals surface area contributed by atoms with Crippen LogP contribution < -0.4 is 5.32 Å². The second-order valence-corrected chi connectivity index (χ2v) is 8.06. The first-order valence-electron chi connectivity index (χ1n) is 9.92. The monoisotopic (exact) mass is 376 g/mol. The summed E-state index contributed by atoms with van der Waals surface area (Å²) in [6, 6.07) is 5.82. The number of nitrogens with zero attached hydrogens (tertiary/aromatic N) is 5. The number of hydrogen-bond donors (Lipinski definition) is 1. The number of hydrogen-bond acceptors (Lipinski definition) is 5. The van der Waals surface area contributed by atoms with Crippen molar-refractivity contribution >= 4 is 17.1 Å². The predicted molar refractivity (Wildman–Crippen MR) is 106 cm³/mol. The van der Waals surface area contributed by atoms with Crippen molar-refractivity contribution in [1.82, 2.24) is 29.7 Å². The third kappa shape index (κ3) is 3.16. The molecule has 3 aromatic rings. The number of imidazole rings is 1. The molecule has 5 rings (SSSR count). The quantitative estimate of drug-likeness (QED) is 0.758. The maximum atomic E-state index is 13.1. The summed E-state index contributed by atoms with van der Waals surface area (Å²) < 4.78 is 1.99. The van der Waals surface area contributed by atoms with E-state index < -0.39 is 0 Å². The Balaban J connectivity index is 1.37. The number of fused-ring (bicyclic) bond motifs is 1. The molecule has 7 heteroatoms. The molecular weight excluding hydrogens is 352 g/mol. The molecule has 1 unspecified atom stereocenters. The van der Waals surface area contributed by atoms with E-state index in [0.717, 1.165) is 55.7 Å². The van der Waals surface area contributed by atoms with Crippen molar-refractivity contribution in [3.8, 4) is 0 Å². The van der Waals surface area contributed by atoms with Gasteiger partial charge in [0.2, 0.25) is 0 Å². The molecule has 1 spiro atoms. The van der Waals surface area contributed by atoms with Gasteiger partial charge in [-0.25, -0.2) is 9.97 Å². The van der Waals surface area contributed by atoms with Crippen LogP contribution in [0.25, 0.3) is 11.2 Å². The van der Waals surface area contributed by atoms with Crippen molar-refractivity contribution in [2.24, 2.45) is 5.41 Å². The highest BCUT2D eigenvalue weighted by atomic mass is 16.2. The molecule has 144 valence electrons. The van der Waals surface area contributed by atoms with Crippen molar-refractivity contribution in [3.05, 3.63) is 54.2 Å². The molecule has 1 amide bonds. The SMILES string of the molecule is O=C(c1cnc2c(c1)ncn2Cc1cccnc1)N1CCCC2(CCNC2)C1. The lowest BCUT2D eigenvalue weighted by Gasteiger charge is -2.40. The second-order valence-electron chi connectivity index (χ2n) is 8.06. The van der Waals surface area contributed by atoms with Crippen molar-refractivity contribution in [3.63, 3.8) is 0 Å². The van der Waals surface area contributed by atoms with Gasteiger partial charge in [0, 0.05) is 43.6 Å². The van der Waals surface area contributed by atoms with Gasteiger partial charge >= 0.3 is 0 Å². The number of carbonyl (C=O) groups excluding carboxylic acids is 1. The first kappa shape index (κ1) is 17.3. The molecule has 3 aromatic heterocycles. The van der Waals surface area contributed by atoms with Crippen LogP contribution in [0.3, 0.4) is 0 Å². The number of piperidine rings is 1. The first-order valence-corrected chi connectivity index (χ1v) is 9.92. The van der Waals surface area contributed by atoms with Crippen LogP contribution in [0.4, 0.5) is 0 Å². The molecule has 0 aliphatic carbocycles. The maximum absolute atomic E-state index is 13.1. The van der Waals surface area contributed by atoms with Gasteiger partial charge in [0.05, 0.1) is 18.4 Å². The third-order valence-corrected chi connectivity index (χ3v) is 6.06. The Hall–Kier alpha value is -2.80. The molecule has 0 saturated carbocycles. The molecule has 1 N–H and O–H groups in total. The average molecular weight is 376 g/mol. The standard InChI is InChI=1S/C21H24N6O/c28-20(26-8-2-4-21(14-26)5-7-23-13-21)17-9-18-19(24-11-17)27(15-25-18)12-16-3-1-6-22-10-16/h1,3,6,9-11,15,23H,2,4-5,7-8,12-14H2. The smallest absolute Gasteiger partial charge is 0.255 e. The largest absolute Gasteiger partial charge is 0.338 e. The highest BCUT2D eigenvalue weighted by molar-refractivity contribution is 5.96. The lowest BCUT2D eigenvalue weighted by Crippen LogP contribution is -2.47. The Kier molecular flexibility index (Phi) is 4.31. The molecule has 5 heterocycles. The molecule has 2 fully saturated rings. The van der Waals surface area contributed by atoms with Crippen molar-refractivity contribution in [2.45, 2.75) is 25.8 Å². The molecule has 0 radical (unpaired) electrons. The van der Waals surface area contributed by atoms with Crippen LogP contribution in [0.15, 0.2) is 43.1 Å². The normalized spacial score (nSPS) is 22.2. The van der Waals surface area contributed by atoms with E-state index in [1.165, 1.54) is 6.42 Å². The zero-order valence-corrected chi connectivity index (χ0v) is 15.8. The van der Waals surface area contributed by atoms with Crippen LogP contribution in [-0.4, -0.2) is 56.5 Å². The summed E-state index contributed by atoms with van der Waals surface area (Å²) in [6.45, 7) is 4.41. The first-order chi connectivity index (χ1) is 13.7. The van der Waals surface area contributed by atoms with Gasteiger partial charge in [0.15, 0.2) is 5.65 Å². The minimum Gasteiger partial charge on any atom is -0.338 e. The summed E-state index contributed by atoms with van der Waals surface area (Å²) in [4.78, 5) is 28.3. The fourth-order valence-electron chi connectivity index (χ4n) is 4.58. The van der Waals surface area contributed by atoms with E-state index in [4.69, 9.17) is 0 Å². The van der Waals surface area contributed by atoms with Gasteiger partial charge < -0.3 is 14.8 Å². The molecular formula is C21H24N6O.